The summed E-state index contributed by atoms with van der Waals surface area (Å²) in [5.41, 5.74) is 1.88. The van der Waals surface area contributed by atoms with Crippen molar-refractivity contribution in [3.8, 4) is 11.4 Å². The molecule has 0 amide bonds. The minimum Gasteiger partial charge on any atom is -0.508 e. The van der Waals surface area contributed by atoms with Gasteiger partial charge in [-0.25, -0.2) is 4.98 Å². The number of phenols is 1. The van der Waals surface area contributed by atoms with Gasteiger partial charge in [-0.3, -0.25) is 9.36 Å². The Hall–Kier alpha value is -2.33. The molecule has 1 N–H and O–H groups in total. The Morgan fingerprint density at radius 1 is 1.17 bits per heavy atom. The highest BCUT2D eigenvalue weighted by Gasteiger charge is 2.18. The molecule has 24 heavy (non-hydrogen) atoms. The second kappa shape index (κ2) is 6.29. The van der Waals surface area contributed by atoms with E-state index in [-0.39, 0.29) is 17.2 Å². The van der Waals surface area contributed by atoms with Crippen LogP contribution >= 0.6 is 11.6 Å². The molecule has 0 aliphatic heterocycles. The summed E-state index contributed by atoms with van der Waals surface area (Å²) < 4.78 is 1.62. The van der Waals surface area contributed by atoms with Crippen LogP contribution < -0.4 is 5.56 Å². The minimum absolute atomic E-state index is 0.0461. The zero-order valence-electron chi connectivity index (χ0n) is 13.9. The van der Waals surface area contributed by atoms with Crippen molar-refractivity contribution in [2.45, 2.75) is 33.1 Å². The van der Waals surface area contributed by atoms with E-state index in [1.807, 2.05) is 32.9 Å². The summed E-state index contributed by atoms with van der Waals surface area (Å²) in [6, 6.07) is 10.3. The Kier molecular flexibility index (Phi) is 4.33. The highest BCUT2D eigenvalue weighted by molar-refractivity contribution is 6.30. The lowest BCUT2D eigenvalue weighted by atomic mass is 10.1. The summed E-state index contributed by atoms with van der Waals surface area (Å²) in [6.07, 6.45) is 0.609. The molecule has 1 aromatic heterocycles. The molecule has 0 saturated heterocycles. The molecule has 0 unspecified atom stereocenters. The third kappa shape index (κ3) is 2.67. The van der Waals surface area contributed by atoms with Crippen LogP contribution in [0.3, 0.4) is 0 Å². The van der Waals surface area contributed by atoms with E-state index in [1.165, 1.54) is 0 Å². The van der Waals surface area contributed by atoms with E-state index >= 15 is 0 Å². The number of fused-ring (bicyclic) bond motifs is 1. The van der Waals surface area contributed by atoms with Crippen LogP contribution in [0.25, 0.3) is 16.6 Å². The third-order valence-electron chi connectivity index (χ3n) is 4.10. The van der Waals surface area contributed by atoms with E-state index in [0.717, 1.165) is 5.69 Å². The summed E-state index contributed by atoms with van der Waals surface area (Å²) in [5.74, 6) is 0.885. The highest BCUT2D eigenvalue weighted by atomic mass is 35.5. The lowest BCUT2D eigenvalue weighted by molar-refractivity contribution is 0.470. The maximum Gasteiger partial charge on any atom is 0.265 e. The Labute approximate surface area is 145 Å². The van der Waals surface area contributed by atoms with Crippen LogP contribution in [-0.4, -0.2) is 14.7 Å². The molecule has 0 spiro atoms. The molecule has 5 heteroatoms. The standard InChI is InChI=1S/C19H19ClN2O2/c1-4-14-16(23)10-9-15-17(14)21-18(11(2)3)22(19(15)24)13-7-5-12(20)6-8-13/h5-11,23H,4H2,1-3H3. The molecule has 124 valence electrons. The highest BCUT2D eigenvalue weighted by Crippen LogP contribution is 2.27. The van der Waals surface area contributed by atoms with Gasteiger partial charge in [-0.15, -0.1) is 0 Å². The fourth-order valence-corrected chi connectivity index (χ4v) is 3.02. The fraction of sp³-hybridized carbons (Fsp3) is 0.263. The summed E-state index contributed by atoms with van der Waals surface area (Å²) >= 11 is 5.96. The number of nitrogens with zero attached hydrogens (tertiary/aromatic N) is 2. The van der Waals surface area contributed by atoms with Gasteiger partial charge >= 0.3 is 0 Å². The molecule has 0 bridgehead atoms. The number of aromatic hydroxyl groups is 1. The van der Waals surface area contributed by atoms with Crippen molar-refractivity contribution in [2.24, 2.45) is 0 Å². The van der Waals surface area contributed by atoms with E-state index in [9.17, 15) is 9.90 Å². The Balaban J connectivity index is 2.43. The molecular formula is C19H19ClN2O2. The van der Waals surface area contributed by atoms with Gasteiger partial charge in [0.1, 0.15) is 11.6 Å². The largest absolute Gasteiger partial charge is 0.508 e. The maximum atomic E-state index is 13.1. The number of aryl methyl sites for hydroxylation is 1. The van der Waals surface area contributed by atoms with Crippen LogP contribution in [0.1, 0.15) is 38.1 Å². The first-order valence-corrected chi connectivity index (χ1v) is 8.35. The van der Waals surface area contributed by atoms with Gasteiger partial charge in [0.2, 0.25) is 0 Å². The molecule has 4 nitrogen and oxygen atoms in total. The molecule has 0 aliphatic carbocycles. The molecule has 1 heterocycles. The molecule has 0 atom stereocenters. The van der Waals surface area contributed by atoms with Crippen molar-refractivity contribution < 1.29 is 5.11 Å². The van der Waals surface area contributed by atoms with Crippen molar-refractivity contribution in [1.29, 1.82) is 0 Å². The summed E-state index contributed by atoms with van der Waals surface area (Å²) in [6.45, 7) is 5.93. The van der Waals surface area contributed by atoms with Crippen LogP contribution in [-0.2, 0) is 6.42 Å². The first kappa shape index (κ1) is 16.5. The average Bonchev–Trinajstić information content (AvgIpc) is 2.55. The number of benzene rings is 2. The molecule has 3 aromatic rings. The normalized spacial score (nSPS) is 11.4. The van der Waals surface area contributed by atoms with Crippen molar-refractivity contribution in [3.63, 3.8) is 0 Å². The summed E-state index contributed by atoms with van der Waals surface area (Å²) in [7, 11) is 0. The molecule has 0 saturated carbocycles. The predicted molar refractivity (Wildman–Crippen MR) is 97.5 cm³/mol. The number of aromatic nitrogens is 2. The maximum absolute atomic E-state index is 13.1. The second-order valence-corrected chi connectivity index (χ2v) is 6.49. The van der Waals surface area contributed by atoms with Gasteiger partial charge in [0, 0.05) is 16.5 Å². The first-order valence-electron chi connectivity index (χ1n) is 7.97. The van der Waals surface area contributed by atoms with Gasteiger partial charge in [-0.05, 0) is 42.8 Å². The topological polar surface area (TPSA) is 55.1 Å². The van der Waals surface area contributed by atoms with E-state index in [0.29, 0.717) is 33.7 Å². The van der Waals surface area contributed by atoms with Gasteiger partial charge in [-0.1, -0.05) is 32.4 Å². The average molecular weight is 343 g/mol. The van der Waals surface area contributed by atoms with Gasteiger partial charge < -0.3 is 5.11 Å². The van der Waals surface area contributed by atoms with Gasteiger partial charge in [0.25, 0.3) is 5.56 Å². The van der Waals surface area contributed by atoms with Crippen LogP contribution in [0.5, 0.6) is 5.75 Å². The van der Waals surface area contributed by atoms with Crippen LogP contribution in [0.15, 0.2) is 41.2 Å². The van der Waals surface area contributed by atoms with Crippen LogP contribution in [0.4, 0.5) is 0 Å². The van der Waals surface area contributed by atoms with Crippen LogP contribution in [0.2, 0.25) is 5.02 Å². The van der Waals surface area contributed by atoms with E-state index < -0.39 is 0 Å². The zero-order valence-corrected chi connectivity index (χ0v) is 14.6. The number of halogens is 1. The van der Waals surface area contributed by atoms with E-state index in [2.05, 4.69) is 0 Å². The third-order valence-corrected chi connectivity index (χ3v) is 4.35. The van der Waals surface area contributed by atoms with Gasteiger partial charge in [0.15, 0.2) is 0 Å². The van der Waals surface area contributed by atoms with E-state index in [1.54, 1.807) is 28.8 Å². The minimum atomic E-state index is -0.138. The smallest absolute Gasteiger partial charge is 0.265 e. The first-order chi connectivity index (χ1) is 11.4. The van der Waals surface area contributed by atoms with Crippen molar-refractivity contribution in [3.05, 3.63) is 63.2 Å². The number of phenolic OH excluding ortho intramolecular Hbond substituents is 1. The monoisotopic (exact) mass is 342 g/mol. The van der Waals surface area contributed by atoms with Gasteiger partial charge in [0.05, 0.1) is 16.6 Å². The molecular weight excluding hydrogens is 324 g/mol. The fourth-order valence-electron chi connectivity index (χ4n) is 2.89. The van der Waals surface area contributed by atoms with Crippen molar-refractivity contribution in [2.75, 3.05) is 0 Å². The molecule has 0 aliphatic rings. The summed E-state index contributed by atoms with van der Waals surface area (Å²) in [5, 5.41) is 11.2. The lowest BCUT2D eigenvalue weighted by Crippen LogP contribution is -2.25. The number of hydrogen-bond acceptors (Lipinski definition) is 3. The Bertz CT molecular complexity index is 960. The zero-order chi connectivity index (χ0) is 17.4. The number of hydrogen-bond donors (Lipinski definition) is 1. The quantitative estimate of drug-likeness (QED) is 0.766. The molecule has 0 fully saturated rings. The SMILES string of the molecule is CCc1c(O)ccc2c(=O)n(-c3ccc(Cl)cc3)c(C(C)C)nc12. The molecule has 2 aromatic carbocycles. The molecule has 3 rings (SSSR count). The lowest BCUT2D eigenvalue weighted by Gasteiger charge is -2.17. The Morgan fingerprint density at radius 2 is 1.83 bits per heavy atom. The van der Waals surface area contributed by atoms with Gasteiger partial charge in [-0.2, -0.15) is 0 Å². The van der Waals surface area contributed by atoms with Crippen molar-refractivity contribution >= 4 is 22.5 Å². The summed E-state index contributed by atoms with van der Waals surface area (Å²) in [4.78, 5) is 17.9. The predicted octanol–water partition coefficient (Wildman–Crippen LogP) is 4.43. The Morgan fingerprint density at radius 3 is 2.42 bits per heavy atom. The molecule has 0 radical (unpaired) electrons. The van der Waals surface area contributed by atoms with Crippen molar-refractivity contribution in [1.82, 2.24) is 9.55 Å². The second-order valence-electron chi connectivity index (χ2n) is 6.05. The number of rotatable bonds is 3. The van der Waals surface area contributed by atoms with Crippen LogP contribution in [0, 0.1) is 0 Å². The van der Waals surface area contributed by atoms with E-state index in [4.69, 9.17) is 16.6 Å².